The molecule has 1 heterocycles. The Labute approximate surface area is 158 Å². The lowest BCUT2D eigenvalue weighted by atomic mass is 10.1. The minimum atomic E-state index is -4.55. The van der Waals surface area contributed by atoms with Gasteiger partial charge in [-0.2, -0.15) is 18.3 Å². The van der Waals surface area contributed by atoms with Crippen molar-refractivity contribution >= 4 is 16.7 Å². The van der Waals surface area contributed by atoms with Crippen LogP contribution in [-0.2, 0) is 24.1 Å². The van der Waals surface area contributed by atoms with E-state index in [4.69, 9.17) is 4.74 Å². The van der Waals surface area contributed by atoms with E-state index in [2.05, 4.69) is 5.10 Å². The van der Waals surface area contributed by atoms with Gasteiger partial charge in [0.2, 0.25) is 0 Å². The molecule has 0 aliphatic heterocycles. The Hall–Kier alpha value is -3.16. The van der Waals surface area contributed by atoms with E-state index in [0.717, 1.165) is 6.07 Å². The zero-order chi connectivity index (χ0) is 20.3. The van der Waals surface area contributed by atoms with Crippen LogP contribution in [0.2, 0.25) is 0 Å². The number of aryl methyl sites for hydroxylation is 1. The molecule has 0 saturated heterocycles. The van der Waals surface area contributed by atoms with E-state index < -0.39 is 24.3 Å². The van der Waals surface area contributed by atoms with Gasteiger partial charge in [-0.15, -0.1) is 0 Å². The Bertz CT molecular complexity index is 1070. The molecule has 28 heavy (non-hydrogen) atoms. The van der Waals surface area contributed by atoms with Crippen LogP contribution < -0.4 is 5.56 Å². The SMILES string of the molecule is CCCn1nc(C(=O)OCc2ccccc2C(F)(F)F)c2ccccc2c1=O. The minimum absolute atomic E-state index is 0.104. The van der Waals surface area contributed by atoms with Crippen molar-refractivity contribution in [2.75, 3.05) is 0 Å². The molecule has 0 amide bonds. The number of fused-ring (bicyclic) bond motifs is 1. The average molecular weight is 390 g/mol. The maximum atomic E-state index is 13.1. The Balaban J connectivity index is 1.95. The monoisotopic (exact) mass is 390 g/mol. The summed E-state index contributed by atoms with van der Waals surface area (Å²) in [7, 11) is 0. The standard InChI is InChI=1S/C20H17F3N2O3/c1-2-11-25-18(26)15-9-5-4-8-14(15)17(24-25)19(27)28-12-13-7-3-6-10-16(13)20(21,22)23/h3-10H,2,11-12H2,1H3. The van der Waals surface area contributed by atoms with Crippen LogP contribution in [0, 0.1) is 0 Å². The van der Waals surface area contributed by atoms with E-state index in [1.807, 2.05) is 6.92 Å². The largest absolute Gasteiger partial charge is 0.456 e. The van der Waals surface area contributed by atoms with Gasteiger partial charge in [-0.25, -0.2) is 9.48 Å². The first kappa shape index (κ1) is 19.6. The third kappa shape index (κ3) is 3.90. The van der Waals surface area contributed by atoms with E-state index in [9.17, 15) is 22.8 Å². The maximum Gasteiger partial charge on any atom is 0.416 e. The third-order valence-corrected chi connectivity index (χ3v) is 4.18. The van der Waals surface area contributed by atoms with Crippen LogP contribution in [0.1, 0.15) is 35.0 Å². The van der Waals surface area contributed by atoms with Gasteiger partial charge in [0.15, 0.2) is 5.69 Å². The van der Waals surface area contributed by atoms with Gasteiger partial charge in [0.1, 0.15) is 6.61 Å². The lowest BCUT2D eigenvalue weighted by molar-refractivity contribution is -0.138. The Morgan fingerprint density at radius 2 is 1.71 bits per heavy atom. The highest BCUT2D eigenvalue weighted by atomic mass is 19.4. The van der Waals surface area contributed by atoms with Crippen molar-refractivity contribution < 1.29 is 22.7 Å². The predicted molar refractivity (Wildman–Crippen MR) is 96.9 cm³/mol. The van der Waals surface area contributed by atoms with Crippen LogP contribution in [-0.4, -0.2) is 15.7 Å². The highest BCUT2D eigenvalue weighted by Gasteiger charge is 2.33. The first-order valence-corrected chi connectivity index (χ1v) is 8.65. The number of hydrogen-bond donors (Lipinski definition) is 0. The lowest BCUT2D eigenvalue weighted by Crippen LogP contribution is -2.26. The fourth-order valence-electron chi connectivity index (χ4n) is 2.88. The second-order valence-electron chi connectivity index (χ2n) is 6.15. The van der Waals surface area contributed by atoms with Crippen molar-refractivity contribution in [3.05, 3.63) is 75.7 Å². The summed E-state index contributed by atoms with van der Waals surface area (Å²) in [5.74, 6) is -0.891. The molecular weight excluding hydrogens is 373 g/mol. The fraction of sp³-hybridized carbons (Fsp3) is 0.250. The van der Waals surface area contributed by atoms with Crippen LogP contribution in [0.3, 0.4) is 0 Å². The summed E-state index contributed by atoms with van der Waals surface area (Å²) < 4.78 is 45.6. The quantitative estimate of drug-likeness (QED) is 0.613. The summed E-state index contributed by atoms with van der Waals surface area (Å²) in [5, 5.41) is 4.68. The number of esters is 1. The third-order valence-electron chi connectivity index (χ3n) is 4.18. The van der Waals surface area contributed by atoms with E-state index in [1.165, 1.54) is 22.9 Å². The highest BCUT2D eigenvalue weighted by molar-refractivity contribution is 6.02. The lowest BCUT2D eigenvalue weighted by Gasteiger charge is -2.13. The van der Waals surface area contributed by atoms with Crippen LogP contribution >= 0.6 is 0 Å². The van der Waals surface area contributed by atoms with Crippen molar-refractivity contribution in [2.45, 2.75) is 32.7 Å². The molecule has 1 aromatic heterocycles. The first-order valence-electron chi connectivity index (χ1n) is 8.65. The molecule has 0 unspecified atom stereocenters. The maximum absolute atomic E-state index is 13.1. The summed E-state index contributed by atoms with van der Waals surface area (Å²) in [6, 6.07) is 11.3. The number of carbonyl (C=O) groups excluding carboxylic acids is 1. The summed E-state index contributed by atoms with van der Waals surface area (Å²) >= 11 is 0. The predicted octanol–water partition coefficient (Wildman–Crippen LogP) is 4.18. The number of carbonyl (C=O) groups is 1. The molecule has 0 radical (unpaired) electrons. The normalized spacial score (nSPS) is 11.6. The number of nitrogens with zero attached hydrogens (tertiary/aromatic N) is 2. The summed E-state index contributed by atoms with van der Waals surface area (Å²) in [4.78, 5) is 25.0. The number of rotatable bonds is 5. The molecule has 146 valence electrons. The second kappa shape index (κ2) is 7.84. The van der Waals surface area contributed by atoms with Gasteiger partial charge in [-0.3, -0.25) is 4.79 Å². The number of ether oxygens (including phenoxy) is 1. The molecule has 3 aromatic rings. The molecule has 0 fully saturated rings. The highest BCUT2D eigenvalue weighted by Crippen LogP contribution is 2.32. The van der Waals surface area contributed by atoms with Crippen molar-refractivity contribution in [3.8, 4) is 0 Å². The number of alkyl halides is 3. The second-order valence-corrected chi connectivity index (χ2v) is 6.15. The Kier molecular flexibility index (Phi) is 5.48. The number of benzene rings is 2. The molecule has 0 aliphatic carbocycles. The van der Waals surface area contributed by atoms with Crippen molar-refractivity contribution in [2.24, 2.45) is 0 Å². The number of aromatic nitrogens is 2. The average Bonchev–Trinajstić information content (AvgIpc) is 2.68. The number of halogens is 3. The molecular formula is C20H17F3N2O3. The molecule has 8 heteroatoms. The van der Waals surface area contributed by atoms with Gasteiger partial charge in [0.25, 0.3) is 5.56 Å². The summed E-state index contributed by atoms with van der Waals surface area (Å²) in [6.07, 6.45) is -3.93. The van der Waals surface area contributed by atoms with Crippen molar-refractivity contribution in [1.82, 2.24) is 9.78 Å². The smallest absolute Gasteiger partial charge is 0.416 e. The topological polar surface area (TPSA) is 61.2 Å². The zero-order valence-corrected chi connectivity index (χ0v) is 15.0. The summed E-state index contributed by atoms with van der Waals surface area (Å²) in [5.41, 5.74) is -1.46. The van der Waals surface area contributed by atoms with Gasteiger partial charge in [-0.1, -0.05) is 43.3 Å². The fourth-order valence-corrected chi connectivity index (χ4v) is 2.88. The van der Waals surface area contributed by atoms with E-state index >= 15 is 0 Å². The minimum Gasteiger partial charge on any atom is -0.456 e. The zero-order valence-electron chi connectivity index (χ0n) is 15.0. The van der Waals surface area contributed by atoms with Gasteiger partial charge < -0.3 is 4.74 Å². The Morgan fingerprint density at radius 1 is 1.07 bits per heavy atom. The molecule has 0 spiro atoms. The van der Waals surface area contributed by atoms with Crippen LogP contribution in [0.5, 0.6) is 0 Å². The molecule has 2 aromatic carbocycles. The summed E-state index contributed by atoms with van der Waals surface area (Å²) in [6.45, 7) is 1.60. The van der Waals surface area contributed by atoms with E-state index in [1.54, 1.807) is 24.3 Å². The van der Waals surface area contributed by atoms with Crippen molar-refractivity contribution in [3.63, 3.8) is 0 Å². The van der Waals surface area contributed by atoms with Gasteiger partial charge in [0, 0.05) is 17.5 Å². The molecule has 0 aliphatic rings. The first-order chi connectivity index (χ1) is 13.3. The van der Waals surface area contributed by atoms with E-state index in [0.29, 0.717) is 23.7 Å². The van der Waals surface area contributed by atoms with Gasteiger partial charge in [0.05, 0.1) is 10.9 Å². The molecule has 5 nitrogen and oxygen atoms in total. The Morgan fingerprint density at radius 3 is 2.39 bits per heavy atom. The number of hydrogen-bond acceptors (Lipinski definition) is 4. The molecule has 0 saturated carbocycles. The molecule has 0 atom stereocenters. The van der Waals surface area contributed by atoms with Gasteiger partial charge in [-0.05, 0) is 18.6 Å². The van der Waals surface area contributed by atoms with Crippen LogP contribution in [0.4, 0.5) is 13.2 Å². The van der Waals surface area contributed by atoms with E-state index in [-0.39, 0.29) is 16.8 Å². The molecule has 0 N–H and O–H groups in total. The van der Waals surface area contributed by atoms with Crippen LogP contribution in [0.15, 0.2) is 53.3 Å². The molecule has 3 rings (SSSR count). The molecule has 0 bridgehead atoms. The van der Waals surface area contributed by atoms with Crippen LogP contribution in [0.25, 0.3) is 10.8 Å². The van der Waals surface area contributed by atoms with Gasteiger partial charge >= 0.3 is 12.1 Å². The van der Waals surface area contributed by atoms with Crippen molar-refractivity contribution in [1.29, 1.82) is 0 Å².